The summed E-state index contributed by atoms with van der Waals surface area (Å²) in [4.78, 5) is 42.2. The number of aliphatic hydroxyl groups is 5. The van der Waals surface area contributed by atoms with E-state index in [2.05, 4.69) is 10.6 Å². The van der Waals surface area contributed by atoms with E-state index in [1.165, 1.54) is 31.3 Å². The zero-order valence-corrected chi connectivity index (χ0v) is 27.2. The van der Waals surface area contributed by atoms with Crippen LogP contribution in [0.4, 0.5) is 15.5 Å². The Morgan fingerprint density at radius 3 is 2.47 bits per heavy atom. The fraction of sp³-hybridized carbons (Fsp3) is 0.531. The summed E-state index contributed by atoms with van der Waals surface area (Å²) < 4.78 is 27.7. The maximum Gasteiger partial charge on any atom is 0.261 e. The SMILES string of the molecule is C[C@@H]1[C@@H]([Si](C)(C)F)[C@H](CC(=O)N2Cc3ccccc3C[C@H]2CO)O[C@@]12C(=O)Nc1ccc(NC(=O)[C@H]3O[C@@H](O)[C@H](O)[C@@H](O)[C@@H]3O)cc12. The highest BCUT2D eigenvalue weighted by molar-refractivity contribution is 6.72. The van der Waals surface area contributed by atoms with Gasteiger partial charge >= 0.3 is 0 Å². The molecule has 1 spiro atoms. The van der Waals surface area contributed by atoms with Crippen molar-refractivity contribution >= 4 is 37.5 Å². The Morgan fingerprint density at radius 2 is 1.79 bits per heavy atom. The highest BCUT2D eigenvalue weighted by Gasteiger charge is 2.65. The standard InChI is InChI=1S/C32H40FN3O10Si/c1-15-28(47(2,3)33)22(12-23(38)36-13-17-7-5-4-6-16(17)10-19(36)14-37)46-32(15)20-11-18(8-9-21(20)35-31(32)44)34-29(42)27-25(40)24(39)26(41)30(43)45-27/h4-9,11,15,19,22,24-28,30,37,39-41,43H,10,12-14H2,1-3H3,(H,34,42)(H,35,44)/t15-,19+,22+,24+,25+,26-,27+,28-,30-,32+/m1/s1. The second-order valence-corrected chi connectivity index (χ2v) is 17.2. The zero-order valence-electron chi connectivity index (χ0n) is 26.2. The van der Waals surface area contributed by atoms with Crippen LogP contribution in [-0.4, -0.2) is 106 Å². The minimum atomic E-state index is -3.59. The summed E-state index contributed by atoms with van der Waals surface area (Å²) in [6.45, 7) is 4.79. The highest BCUT2D eigenvalue weighted by atomic mass is 28.4. The van der Waals surface area contributed by atoms with E-state index in [-0.39, 0.29) is 31.2 Å². The normalized spacial score (nSPS) is 35.0. The number of anilines is 2. The molecule has 4 aliphatic heterocycles. The summed E-state index contributed by atoms with van der Waals surface area (Å²) >= 11 is 0. The average molecular weight is 674 g/mol. The molecule has 3 amide bonds. The molecule has 2 saturated heterocycles. The second kappa shape index (κ2) is 12.3. The molecule has 0 saturated carbocycles. The van der Waals surface area contributed by atoms with Crippen LogP contribution in [0, 0.1) is 5.92 Å². The van der Waals surface area contributed by atoms with Crippen molar-refractivity contribution in [1.82, 2.24) is 4.90 Å². The molecule has 0 aliphatic carbocycles. The first-order valence-electron chi connectivity index (χ1n) is 15.7. The molecule has 13 nitrogen and oxygen atoms in total. The van der Waals surface area contributed by atoms with E-state index in [9.17, 15) is 39.9 Å². The molecule has 0 unspecified atom stereocenters. The minimum Gasteiger partial charge on any atom is -0.394 e. The smallest absolute Gasteiger partial charge is 0.261 e. The van der Waals surface area contributed by atoms with Crippen molar-refractivity contribution in [3.05, 3.63) is 59.2 Å². The third-order valence-corrected chi connectivity index (χ3v) is 12.5. The molecule has 10 atom stereocenters. The Hall–Kier alpha value is -3.28. The molecule has 0 aromatic heterocycles. The molecule has 6 rings (SSSR count). The third-order valence-electron chi connectivity index (χ3n) is 10.1. The summed E-state index contributed by atoms with van der Waals surface area (Å²) in [5.41, 5.74) is 0.399. The maximum atomic E-state index is 16.2. The average Bonchev–Trinajstić information content (AvgIpc) is 3.48. The number of aliphatic hydroxyl groups excluding tert-OH is 5. The van der Waals surface area contributed by atoms with Gasteiger partial charge in [0.05, 0.1) is 25.2 Å². The van der Waals surface area contributed by atoms with Crippen LogP contribution in [-0.2, 0) is 42.4 Å². The molecule has 2 fully saturated rings. The van der Waals surface area contributed by atoms with E-state index in [0.717, 1.165) is 11.1 Å². The lowest BCUT2D eigenvalue weighted by Gasteiger charge is -2.37. The predicted octanol–water partition coefficient (Wildman–Crippen LogP) is 0.488. The summed E-state index contributed by atoms with van der Waals surface area (Å²) in [6.07, 6.45) is -9.84. The highest BCUT2D eigenvalue weighted by Crippen LogP contribution is 2.59. The Balaban J connectivity index is 1.27. The van der Waals surface area contributed by atoms with Crippen molar-refractivity contribution in [2.24, 2.45) is 5.92 Å². The number of nitrogens with one attached hydrogen (secondary N) is 2. The number of rotatable bonds is 6. The van der Waals surface area contributed by atoms with Crippen LogP contribution >= 0.6 is 0 Å². The van der Waals surface area contributed by atoms with Gasteiger partial charge in [0.25, 0.3) is 11.8 Å². The number of hydrogen-bond acceptors (Lipinski definition) is 10. The Bertz CT molecular complexity index is 1570. The lowest BCUT2D eigenvalue weighted by Crippen LogP contribution is -2.60. The Morgan fingerprint density at radius 1 is 1.09 bits per heavy atom. The number of fused-ring (bicyclic) bond motifs is 3. The van der Waals surface area contributed by atoms with Crippen LogP contribution in [0.5, 0.6) is 0 Å². The number of ether oxygens (including phenoxy) is 2. The molecule has 0 bridgehead atoms. The van der Waals surface area contributed by atoms with Crippen molar-refractivity contribution in [3.63, 3.8) is 0 Å². The van der Waals surface area contributed by atoms with Crippen molar-refractivity contribution < 1.29 is 53.5 Å². The summed E-state index contributed by atoms with van der Waals surface area (Å²) in [6, 6.07) is 11.7. The van der Waals surface area contributed by atoms with Crippen molar-refractivity contribution in [3.8, 4) is 0 Å². The number of nitrogens with zero attached hydrogens (tertiary/aromatic N) is 1. The van der Waals surface area contributed by atoms with Gasteiger partial charge in [-0.25, -0.2) is 0 Å². The van der Waals surface area contributed by atoms with Crippen LogP contribution in [0.1, 0.15) is 30.0 Å². The lowest BCUT2D eigenvalue weighted by atomic mass is 9.82. The van der Waals surface area contributed by atoms with Gasteiger partial charge in [0.2, 0.25) is 14.3 Å². The number of halogens is 1. The van der Waals surface area contributed by atoms with Gasteiger partial charge in [0.1, 0.15) is 18.3 Å². The fourth-order valence-corrected chi connectivity index (χ4v) is 10.3. The quantitative estimate of drug-likeness (QED) is 0.167. The first kappa shape index (κ1) is 33.6. The zero-order chi connectivity index (χ0) is 34.0. The van der Waals surface area contributed by atoms with Crippen LogP contribution in [0.15, 0.2) is 42.5 Å². The number of benzene rings is 2. The molecule has 4 heterocycles. The van der Waals surface area contributed by atoms with Crippen LogP contribution < -0.4 is 10.6 Å². The largest absolute Gasteiger partial charge is 0.394 e. The van der Waals surface area contributed by atoms with E-state index in [1.807, 2.05) is 24.3 Å². The van der Waals surface area contributed by atoms with E-state index in [1.54, 1.807) is 11.8 Å². The molecule has 4 aliphatic rings. The first-order chi connectivity index (χ1) is 22.2. The van der Waals surface area contributed by atoms with Gasteiger partial charge < -0.3 is 54.6 Å². The molecular formula is C32H40FN3O10Si. The number of amides is 3. The second-order valence-electron chi connectivity index (χ2n) is 13.4. The van der Waals surface area contributed by atoms with Crippen LogP contribution in [0.3, 0.4) is 0 Å². The third kappa shape index (κ3) is 5.67. The van der Waals surface area contributed by atoms with Gasteiger partial charge in [0.15, 0.2) is 18.0 Å². The van der Waals surface area contributed by atoms with E-state index < -0.39 is 80.1 Å². The van der Waals surface area contributed by atoms with E-state index in [0.29, 0.717) is 17.7 Å². The van der Waals surface area contributed by atoms with Crippen molar-refractivity contribution in [1.29, 1.82) is 0 Å². The lowest BCUT2D eigenvalue weighted by molar-refractivity contribution is -0.274. The Labute approximate surface area is 271 Å². The molecule has 47 heavy (non-hydrogen) atoms. The number of carbonyl (C=O) groups excluding carboxylic acids is 3. The van der Waals surface area contributed by atoms with E-state index >= 15 is 4.11 Å². The van der Waals surface area contributed by atoms with Crippen molar-refractivity contribution in [2.45, 2.75) is 93.4 Å². The minimum absolute atomic E-state index is 0.150. The maximum absolute atomic E-state index is 16.2. The van der Waals surface area contributed by atoms with Gasteiger partial charge in [-0.15, -0.1) is 0 Å². The first-order valence-corrected chi connectivity index (χ1v) is 18.6. The molecule has 15 heteroatoms. The predicted molar refractivity (Wildman–Crippen MR) is 167 cm³/mol. The summed E-state index contributed by atoms with van der Waals surface area (Å²) in [7, 11) is -3.59. The topological polar surface area (TPSA) is 198 Å². The Kier molecular flexibility index (Phi) is 8.80. The van der Waals surface area contributed by atoms with Crippen molar-refractivity contribution in [2.75, 3.05) is 17.2 Å². The van der Waals surface area contributed by atoms with Gasteiger partial charge in [-0.1, -0.05) is 31.2 Å². The van der Waals surface area contributed by atoms with Crippen LogP contribution in [0.2, 0.25) is 18.6 Å². The summed E-state index contributed by atoms with van der Waals surface area (Å²) in [5.74, 6) is -2.51. The monoisotopic (exact) mass is 673 g/mol. The number of carbonyl (C=O) groups is 3. The number of hydrogen-bond donors (Lipinski definition) is 7. The van der Waals surface area contributed by atoms with E-state index in [4.69, 9.17) is 9.47 Å². The molecule has 2 aromatic carbocycles. The van der Waals surface area contributed by atoms with Gasteiger partial charge in [-0.3, -0.25) is 14.4 Å². The van der Waals surface area contributed by atoms with Crippen LogP contribution in [0.25, 0.3) is 0 Å². The van der Waals surface area contributed by atoms with Gasteiger partial charge in [-0.05, 0) is 48.8 Å². The van der Waals surface area contributed by atoms with Gasteiger partial charge in [-0.2, -0.15) is 0 Å². The fourth-order valence-electron chi connectivity index (χ4n) is 7.77. The molecule has 0 radical (unpaired) electrons. The molecule has 254 valence electrons. The molecular weight excluding hydrogens is 633 g/mol. The molecule has 2 aromatic rings. The summed E-state index contributed by atoms with van der Waals surface area (Å²) in [5, 5.41) is 55.4. The van der Waals surface area contributed by atoms with Gasteiger partial charge in [0, 0.05) is 34.9 Å². The molecule has 7 N–H and O–H groups in total.